The topological polar surface area (TPSA) is 79.4 Å². The lowest BCUT2D eigenvalue weighted by Crippen LogP contribution is -2.17. The quantitative estimate of drug-likeness (QED) is 0.854. The average Bonchev–Trinajstić information content (AvgIpc) is 3.12. The van der Waals surface area contributed by atoms with Crippen molar-refractivity contribution in [2.24, 2.45) is 0 Å². The summed E-state index contributed by atoms with van der Waals surface area (Å²) in [5, 5.41) is 16.2. The molecule has 0 aliphatic heterocycles. The number of hydrogen-bond acceptors (Lipinski definition) is 5. The van der Waals surface area contributed by atoms with Gasteiger partial charge >= 0.3 is 0 Å². The Bertz CT molecular complexity index is 593. The highest BCUT2D eigenvalue weighted by atomic mass is 15.4. The molecule has 0 atom stereocenters. The molecule has 90 valence electrons. The van der Waals surface area contributed by atoms with Gasteiger partial charge in [-0.1, -0.05) is 6.07 Å². The Morgan fingerprint density at radius 3 is 3.06 bits per heavy atom. The molecule has 18 heavy (non-hydrogen) atoms. The summed E-state index contributed by atoms with van der Waals surface area (Å²) in [7, 11) is 0. The predicted octanol–water partition coefficient (Wildman–Crippen LogP) is 0.786. The first kappa shape index (κ1) is 10.9. The Labute approximate surface area is 104 Å². The lowest BCUT2D eigenvalue weighted by Gasteiger charge is -2.08. The summed E-state index contributed by atoms with van der Waals surface area (Å²) in [6.45, 7) is 0.760. The van der Waals surface area contributed by atoms with E-state index in [1.54, 1.807) is 10.9 Å². The minimum Gasteiger partial charge on any atom is -0.310 e. The van der Waals surface area contributed by atoms with E-state index in [1.807, 2.05) is 18.2 Å². The lowest BCUT2D eigenvalue weighted by atomic mass is 10.2. The third kappa shape index (κ3) is 2.21. The Hall–Kier alpha value is -2.26. The van der Waals surface area contributed by atoms with Gasteiger partial charge in [0.05, 0.1) is 0 Å². The molecule has 0 unspecified atom stereocenters. The van der Waals surface area contributed by atoms with Crippen LogP contribution in [0, 0.1) is 11.3 Å². The van der Waals surface area contributed by atoms with Crippen LogP contribution in [-0.4, -0.2) is 25.8 Å². The first-order valence-electron chi connectivity index (χ1n) is 5.86. The number of rotatable bonds is 4. The summed E-state index contributed by atoms with van der Waals surface area (Å²) in [6, 6.07) is 6.46. The number of nitrogens with one attached hydrogen (secondary N) is 1. The van der Waals surface area contributed by atoms with Crippen molar-refractivity contribution in [1.82, 2.24) is 25.1 Å². The van der Waals surface area contributed by atoms with Crippen molar-refractivity contribution < 1.29 is 0 Å². The molecule has 3 rings (SSSR count). The van der Waals surface area contributed by atoms with Crippen molar-refractivity contribution in [1.29, 1.82) is 5.26 Å². The van der Waals surface area contributed by atoms with Crippen molar-refractivity contribution in [2.75, 3.05) is 0 Å². The summed E-state index contributed by atoms with van der Waals surface area (Å²) in [6.07, 6.45) is 5.72. The van der Waals surface area contributed by atoms with E-state index in [0.29, 0.717) is 6.04 Å². The van der Waals surface area contributed by atoms with Gasteiger partial charge < -0.3 is 5.32 Å². The highest BCUT2D eigenvalue weighted by Gasteiger charge is 2.20. The van der Waals surface area contributed by atoms with Crippen molar-refractivity contribution in [3.05, 3.63) is 36.0 Å². The Kier molecular flexibility index (Phi) is 2.74. The van der Waals surface area contributed by atoms with Crippen LogP contribution in [0.15, 0.2) is 24.7 Å². The number of pyridine rings is 1. The van der Waals surface area contributed by atoms with E-state index in [-0.39, 0.29) is 5.82 Å². The van der Waals surface area contributed by atoms with Crippen molar-refractivity contribution in [2.45, 2.75) is 25.4 Å². The zero-order chi connectivity index (χ0) is 12.4. The molecule has 1 N–H and O–H groups in total. The van der Waals surface area contributed by atoms with Crippen LogP contribution in [0.25, 0.3) is 5.82 Å². The molecular formula is C12H12N6. The fraction of sp³-hybridized carbons (Fsp3) is 0.333. The van der Waals surface area contributed by atoms with Gasteiger partial charge in [-0.2, -0.15) is 5.26 Å². The molecule has 1 fully saturated rings. The number of nitriles is 1. The van der Waals surface area contributed by atoms with Crippen LogP contribution in [0.1, 0.15) is 24.2 Å². The third-order valence-corrected chi connectivity index (χ3v) is 2.83. The molecule has 1 aliphatic carbocycles. The van der Waals surface area contributed by atoms with E-state index < -0.39 is 0 Å². The number of nitrogens with zero attached hydrogens (tertiary/aromatic N) is 5. The molecule has 6 heteroatoms. The highest BCUT2D eigenvalue weighted by Crippen LogP contribution is 2.20. The maximum Gasteiger partial charge on any atom is 0.252 e. The minimum atomic E-state index is 0.154. The summed E-state index contributed by atoms with van der Waals surface area (Å²) in [5.41, 5.74) is 1.05. The zero-order valence-corrected chi connectivity index (χ0v) is 9.74. The van der Waals surface area contributed by atoms with Gasteiger partial charge in [-0.3, -0.25) is 0 Å². The van der Waals surface area contributed by atoms with E-state index >= 15 is 0 Å². The SMILES string of the molecule is N#Cc1ncn(-c2ncccc2CNC2CC2)n1. The summed E-state index contributed by atoms with van der Waals surface area (Å²) < 4.78 is 1.54. The lowest BCUT2D eigenvalue weighted by molar-refractivity contribution is 0.676. The van der Waals surface area contributed by atoms with Gasteiger partial charge in [-0.25, -0.2) is 14.6 Å². The van der Waals surface area contributed by atoms with Crippen LogP contribution in [0.5, 0.6) is 0 Å². The van der Waals surface area contributed by atoms with Gasteiger partial charge in [0.15, 0.2) is 5.82 Å². The normalized spacial score (nSPS) is 14.4. The van der Waals surface area contributed by atoms with Crippen LogP contribution >= 0.6 is 0 Å². The van der Waals surface area contributed by atoms with E-state index in [9.17, 15) is 0 Å². The monoisotopic (exact) mass is 240 g/mol. The predicted molar refractivity (Wildman–Crippen MR) is 63.7 cm³/mol. The smallest absolute Gasteiger partial charge is 0.252 e. The van der Waals surface area contributed by atoms with Crippen LogP contribution in [0.3, 0.4) is 0 Å². The zero-order valence-electron chi connectivity index (χ0n) is 9.74. The molecule has 0 radical (unpaired) electrons. The van der Waals surface area contributed by atoms with E-state index in [2.05, 4.69) is 20.4 Å². The van der Waals surface area contributed by atoms with Crippen molar-refractivity contribution in [3.63, 3.8) is 0 Å². The molecule has 2 aromatic rings. The maximum atomic E-state index is 8.73. The van der Waals surface area contributed by atoms with Gasteiger partial charge in [0, 0.05) is 24.3 Å². The maximum absolute atomic E-state index is 8.73. The molecule has 0 bridgehead atoms. The van der Waals surface area contributed by atoms with Crippen molar-refractivity contribution >= 4 is 0 Å². The van der Waals surface area contributed by atoms with Crippen LogP contribution < -0.4 is 5.32 Å². The molecule has 2 heterocycles. The van der Waals surface area contributed by atoms with E-state index in [1.165, 1.54) is 19.2 Å². The van der Waals surface area contributed by atoms with Gasteiger partial charge in [0.2, 0.25) is 0 Å². The first-order chi connectivity index (χ1) is 8.86. The number of hydrogen-bond donors (Lipinski definition) is 1. The fourth-order valence-electron chi connectivity index (χ4n) is 1.73. The van der Waals surface area contributed by atoms with Crippen LogP contribution in [-0.2, 0) is 6.54 Å². The Morgan fingerprint density at radius 1 is 1.44 bits per heavy atom. The van der Waals surface area contributed by atoms with E-state index in [0.717, 1.165) is 17.9 Å². The van der Waals surface area contributed by atoms with Crippen LogP contribution in [0.4, 0.5) is 0 Å². The second kappa shape index (κ2) is 4.55. The van der Waals surface area contributed by atoms with Crippen LogP contribution in [0.2, 0.25) is 0 Å². The molecular weight excluding hydrogens is 228 g/mol. The van der Waals surface area contributed by atoms with Crippen molar-refractivity contribution in [3.8, 4) is 11.9 Å². The molecule has 1 saturated carbocycles. The van der Waals surface area contributed by atoms with Gasteiger partial charge in [0.25, 0.3) is 5.82 Å². The minimum absolute atomic E-state index is 0.154. The Balaban J connectivity index is 1.87. The molecule has 0 aromatic carbocycles. The van der Waals surface area contributed by atoms with Gasteiger partial charge in [0.1, 0.15) is 12.4 Å². The Morgan fingerprint density at radius 2 is 2.33 bits per heavy atom. The van der Waals surface area contributed by atoms with Gasteiger partial charge in [-0.15, -0.1) is 5.10 Å². The molecule has 6 nitrogen and oxygen atoms in total. The molecule has 0 saturated heterocycles. The summed E-state index contributed by atoms with van der Waals surface area (Å²) in [5.74, 6) is 0.876. The first-order valence-corrected chi connectivity index (χ1v) is 5.86. The summed E-state index contributed by atoms with van der Waals surface area (Å²) in [4.78, 5) is 8.20. The second-order valence-corrected chi connectivity index (χ2v) is 4.27. The summed E-state index contributed by atoms with van der Waals surface area (Å²) >= 11 is 0. The second-order valence-electron chi connectivity index (χ2n) is 4.27. The molecule has 1 aliphatic rings. The van der Waals surface area contributed by atoms with E-state index in [4.69, 9.17) is 5.26 Å². The number of aromatic nitrogens is 4. The standard InChI is InChI=1S/C12H12N6/c13-6-11-16-8-18(17-11)12-9(2-1-5-14-12)7-15-10-3-4-10/h1-2,5,8,10,15H,3-4,7H2. The average molecular weight is 240 g/mol. The fourth-order valence-corrected chi connectivity index (χ4v) is 1.73. The molecule has 0 spiro atoms. The van der Waals surface area contributed by atoms with Gasteiger partial charge in [-0.05, 0) is 18.9 Å². The third-order valence-electron chi connectivity index (χ3n) is 2.83. The molecule has 0 amide bonds. The highest BCUT2D eigenvalue weighted by molar-refractivity contribution is 5.32. The molecule has 2 aromatic heterocycles. The largest absolute Gasteiger partial charge is 0.310 e.